The van der Waals surface area contributed by atoms with Gasteiger partial charge in [0.1, 0.15) is 0 Å². The van der Waals surface area contributed by atoms with Crippen molar-refractivity contribution in [2.75, 3.05) is 25.0 Å². The number of carbonyl (C=O) groups excluding carboxylic acids is 2. The molecule has 1 aliphatic heterocycles. The first-order valence-electron chi connectivity index (χ1n) is 13.5. The molecule has 2 N–H and O–H groups in total. The Morgan fingerprint density at radius 3 is 2.55 bits per heavy atom. The quantitative estimate of drug-likeness (QED) is 0.330. The van der Waals surface area contributed by atoms with Gasteiger partial charge >= 0.3 is 0 Å². The number of anilines is 1. The van der Waals surface area contributed by atoms with Crippen LogP contribution in [0.15, 0.2) is 73.3 Å². The monoisotopic (exact) mass is 539 g/mol. The Morgan fingerprint density at radius 1 is 1.07 bits per heavy atom. The van der Waals surface area contributed by atoms with Crippen LogP contribution in [0.2, 0.25) is 0 Å². The molecule has 0 spiro atoms. The minimum atomic E-state index is -0.200. The van der Waals surface area contributed by atoms with Crippen molar-refractivity contribution >= 4 is 17.5 Å². The predicted octanol–water partition coefficient (Wildman–Crippen LogP) is 4.88. The van der Waals surface area contributed by atoms with E-state index in [1.165, 1.54) is 0 Å². The zero-order valence-electron chi connectivity index (χ0n) is 22.7. The fraction of sp³-hybridized carbons (Fsp3) is 0.290. The SMILES string of the molecule is CCOc1cc(CC(=O)N2CCC(c3nc(C)ccc3C(=O)Nc3ccc(-n4ccnc4)cc3)CC2)ccc1O. The van der Waals surface area contributed by atoms with Gasteiger partial charge in [-0.05, 0) is 80.8 Å². The standard InChI is InChI=1S/C31H33N5O4/c1-3-40-28-18-22(5-11-27(28)37)19-29(38)35-15-12-23(13-16-35)30-26(10-4-21(2)33-30)31(39)34-24-6-8-25(9-7-24)36-17-14-32-20-36/h4-11,14,17-18,20,23,37H,3,12-13,15-16,19H2,1-2H3,(H,34,39). The van der Waals surface area contributed by atoms with Gasteiger partial charge in [0.15, 0.2) is 11.5 Å². The normalized spacial score (nSPS) is 13.7. The zero-order valence-corrected chi connectivity index (χ0v) is 22.7. The van der Waals surface area contributed by atoms with E-state index in [1.54, 1.807) is 30.7 Å². The molecule has 2 aromatic heterocycles. The van der Waals surface area contributed by atoms with Crippen LogP contribution in [0.5, 0.6) is 11.5 Å². The molecule has 0 bridgehead atoms. The van der Waals surface area contributed by atoms with Gasteiger partial charge in [-0.1, -0.05) is 6.07 Å². The molecule has 4 aromatic rings. The summed E-state index contributed by atoms with van der Waals surface area (Å²) in [6.07, 6.45) is 6.99. The number of nitrogens with one attached hydrogen (secondary N) is 1. The Labute approximate surface area is 233 Å². The van der Waals surface area contributed by atoms with Crippen LogP contribution in [0.3, 0.4) is 0 Å². The highest BCUT2D eigenvalue weighted by molar-refractivity contribution is 6.05. The summed E-state index contributed by atoms with van der Waals surface area (Å²) in [6, 6.07) is 16.3. The van der Waals surface area contributed by atoms with Crippen molar-refractivity contribution in [2.45, 2.75) is 39.0 Å². The van der Waals surface area contributed by atoms with Crippen molar-refractivity contribution in [3.8, 4) is 17.2 Å². The molecule has 40 heavy (non-hydrogen) atoms. The van der Waals surface area contributed by atoms with E-state index >= 15 is 0 Å². The van der Waals surface area contributed by atoms with E-state index in [-0.39, 0.29) is 29.9 Å². The smallest absolute Gasteiger partial charge is 0.257 e. The van der Waals surface area contributed by atoms with Crippen molar-refractivity contribution in [2.24, 2.45) is 0 Å². The Hall–Kier alpha value is -4.66. The molecule has 0 unspecified atom stereocenters. The molecule has 1 aliphatic rings. The third-order valence-corrected chi connectivity index (χ3v) is 7.15. The molecule has 2 aromatic carbocycles. The van der Waals surface area contributed by atoms with Gasteiger partial charge in [-0.2, -0.15) is 0 Å². The van der Waals surface area contributed by atoms with E-state index in [9.17, 15) is 14.7 Å². The summed E-state index contributed by atoms with van der Waals surface area (Å²) in [7, 11) is 0. The Bertz CT molecular complexity index is 1480. The number of amides is 2. The Balaban J connectivity index is 1.23. The van der Waals surface area contributed by atoms with Gasteiger partial charge in [-0.15, -0.1) is 0 Å². The van der Waals surface area contributed by atoms with E-state index < -0.39 is 0 Å². The number of pyridine rings is 1. The predicted molar refractivity (Wildman–Crippen MR) is 152 cm³/mol. The summed E-state index contributed by atoms with van der Waals surface area (Å²) in [5.41, 5.74) is 4.64. The largest absolute Gasteiger partial charge is 0.504 e. The molecule has 0 atom stereocenters. The number of aromatic nitrogens is 3. The number of carbonyl (C=O) groups is 2. The molecule has 9 nitrogen and oxygen atoms in total. The number of likely N-dealkylation sites (tertiary alicyclic amines) is 1. The molecule has 0 saturated carbocycles. The van der Waals surface area contributed by atoms with Crippen LogP contribution < -0.4 is 10.1 Å². The van der Waals surface area contributed by atoms with Gasteiger partial charge in [0.05, 0.1) is 30.6 Å². The minimum Gasteiger partial charge on any atom is -0.504 e. The van der Waals surface area contributed by atoms with Gasteiger partial charge in [-0.3, -0.25) is 14.6 Å². The third kappa shape index (κ3) is 6.14. The molecule has 5 rings (SSSR count). The molecule has 1 saturated heterocycles. The lowest BCUT2D eigenvalue weighted by molar-refractivity contribution is -0.131. The summed E-state index contributed by atoms with van der Waals surface area (Å²) in [5.74, 6) is 0.356. The number of phenols is 1. The summed E-state index contributed by atoms with van der Waals surface area (Å²) in [6.45, 7) is 5.38. The van der Waals surface area contributed by atoms with Crippen LogP contribution in [-0.4, -0.2) is 56.1 Å². The first-order chi connectivity index (χ1) is 19.4. The minimum absolute atomic E-state index is 0.0286. The number of rotatable bonds is 8. The lowest BCUT2D eigenvalue weighted by atomic mass is 9.89. The zero-order chi connectivity index (χ0) is 28.1. The van der Waals surface area contributed by atoms with Crippen LogP contribution in [0, 0.1) is 6.92 Å². The maximum atomic E-state index is 13.3. The fourth-order valence-electron chi connectivity index (χ4n) is 5.04. The fourth-order valence-corrected chi connectivity index (χ4v) is 5.04. The Morgan fingerprint density at radius 2 is 1.85 bits per heavy atom. The summed E-state index contributed by atoms with van der Waals surface area (Å²) >= 11 is 0. The second-order valence-corrected chi connectivity index (χ2v) is 9.92. The maximum Gasteiger partial charge on any atom is 0.257 e. The number of piperidine rings is 1. The van der Waals surface area contributed by atoms with Crippen LogP contribution in [0.4, 0.5) is 5.69 Å². The highest BCUT2D eigenvalue weighted by Crippen LogP contribution is 2.31. The average molecular weight is 540 g/mol. The van der Waals surface area contributed by atoms with Crippen LogP contribution in [-0.2, 0) is 11.2 Å². The van der Waals surface area contributed by atoms with Crippen LogP contribution >= 0.6 is 0 Å². The molecule has 3 heterocycles. The van der Waals surface area contributed by atoms with Gasteiger partial charge in [0.2, 0.25) is 5.91 Å². The summed E-state index contributed by atoms with van der Waals surface area (Å²) in [5, 5.41) is 12.9. The number of phenolic OH excluding ortho intramolecular Hbond substituents is 1. The van der Waals surface area contributed by atoms with Gasteiger partial charge < -0.3 is 24.6 Å². The van der Waals surface area contributed by atoms with Gasteiger partial charge in [0.25, 0.3) is 5.91 Å². The van der Waals surface area contributed by atoms with Crippen molar-refractivity contribution in [1.82, 2.24) is 19.4 Å². The van der Waals surface area contributed by atoms with Crippen molar-refractivity contribution in [1.29, 1.82) is 0 Å². The number of imidazole rings is 1. The molecule has 206 valence electrons. The first kappa shape index (κ1) is 26.9. The average Bonchev–Trinajstić information content (AvgIpc) is 3.50. The molecule has 9 heteroatoms. The van der Waals surface area contributed by atoms with Crippen molar-refractivity contribution in [3.05, 3.63) is 95.8 Å². The number of aromatic hydroxyl groups is 1. The van der Waals surface area contributed by atoms with Gasteiger partial charge in [0, 0.05) is 48.5 Å². The molecule has 0 radical (unpaired) electrons. The van der Waals surface area contributed by atoms with Gasteiger partial charge in [-0.25, -0.2) is 4.98 Å². The van der Waals surface area contributed by atoms with E-state index in [0.29, 0.717) is 36.7 Å². The lowest BCUT2D eigenvalue weighted by Crippen LogP contribution is -2.39. The van der Waals surface area contributed by atoms with E-state index in [2.05, 4.69) is 10.3 Å². The molecule has 1 fully saturated rings. The number of ether oxygens (including phenoxy) is 1. The second-order valence-electron chi connectivity index (χ2n) is 9.92. The molecular formula is C31H33N5O4. The van der Waals surface area contributed by atoms with Crippen molar-refractivity contribution < 1.29 is 19.4 Å². The highest BCUT2D eigenvalue weighted by Gasteiger charge is 2.28. The summed E-state index contributed by atoms with van der Waals surface area (Å²) in [4.78, 5) is 37.0. The number of nitrogens with zero attached hydrogens (tertiary/aromatic N) is 4. The first-order valence-corrected chi connectivity index (χ1v) is 13.5. The van der Waals surface area contributed by atoms with Crippen molar-refractivity contribution in [3.63, 3.8) is 0 Å². The van der Waals surface area contributed by atoms with Crippen LogP contribution in [0.1, 0.15) is 53.0 Å². The molecular weight excluding hydrogens is 506 g/mol. The molecule has 2 amide bonds. The van der Waals surface area contributed by atoms with E-state index in [0.717, 1.165) is 35.5 Å². The number of hydrogen-bond acceptors (Lipinski definition) is 6. The number of hydrogen-bond donors (Lipinski definition) is 2. The number of aryl methyl sites for hydroxylation is 1. The molecule has 0 aliphatic carbocycles. The number of benzene rings is 2. The lowest BCUT2D eigenvalue weighted by Gasteiger charge is -2.32. The highest BCUT2D eigenvalue weighted by atomic mass is 16.5. The second kappa shape index (κ2) is 12.0. The summed E-state index contributed by atoms with van der Waals surface area (Å²) < 4.78 is 7.34. The van der Waals surface area contributed by atoms with E-state index in [1.807, 2.05) is 65.9 Å². The Kier molecular flexibility index (Phi) is 8.10. The topological polar surface area (TPSA) is 110 Å². The third-order valence-electron chi connectivity index (χ3n) is 7.15. The van der Waals surface area contributed by atoms with E-state index in [4.69, 9.17) is 9.72 Å². The maximum absolute atomic E-state index is 13.3. The van der Waals surface area contributed by atoms with Crippen LogP contribution in [0.25, 0.3) is 5.69 Å².